The fourth-order valence-corrected chi connectivity index (χ4v) is 2.04. The SMILES string of the molecule is COCCNCC1CC1c1ccccc1. The molecule has 0 aliphatic heterocycles. The van der Waals surface area contributed by atoms with Gasteiger partial charge in [-0.15, -0.1) is 0 Å². The van der Waals surface area contributed by atoms with Crippen molar-refractivity contribution in [3.63, 3.8) is 0 Å². The Morgan fingerprint density at radius 1 is 1.33 bits per heavy atom. The third-order valence-electron chi connectivity index (χ3n) is 3.04. The van der Waals surface area contributed by atoms with Gasteiger partial charge in [0.25, 0.3) is 0 Å². The van der Waals surface area contributed by atoms with Crippen molar-refractivity contribution in [3.05, 3.63) is 35.9 Å². The summed E-state index contributed by atoms with van der Waals surface area (Å²) < 4.78 is 4.99. The minimum absolute atomic E-state index is 0.793. The van der Waals surface area contributed by atoms with Crippen LogP contribution in [0.3, 0.4) is 0 Å². The largest absolute Gasteiger partial charge is 0.383 e. The molecule has 0 saturated heterocycles. The molecule has 1 aromatic carbocycles. The highest BCUT2D eigenvalue weighted by Gasteiger charge is 2.37. The average Bonchev–Trinajstić information content (AvgIpc) is 3.05. The first-order valence-corrected chi connectivity index (χ1v) is 5.66. The van der Waals surface area contributed by atoms with Gasteiger partial charge in [0, 0.05) is 13.7 Å². The third-order valence-corrected chi connectivity index (χ3v) is 3.04. The Balaban J connectivity index is 1.68. The minimum atomic E-state index is 0.793. The zero-order chi connectivity index (χ0) is 10.5. The molecule has 1 fully saturated rings. The van der Waals surface area contributed by atoms with Gasteiger partial charge < -0.3 is 10.1 Å². The summed E-state index contributed by atoms with van der Waals surface area (Å²) in [6.45, 7) is 2.90. The van der Waals surface area contributed by atoms with Crippen molar-refractivity contribution in [2.45, 2.75) is 12.3 Å². The summed E-state index contributed by atoms with van der Waals surface area (Å²) in [6.07, 6.45) is 1.34. The molecule has 0 radical (unpaired) electrons. The average molecular weight is 205 g/mol. The van der Waals surface area contributed by atoms with Crippen molar-refractivity contribution >= 4 is 0 Å². The minimum Gasteiger partial charge on any atom is -0.383 e. The van der Waals surface area contributed by atoms with E-state index in [2.05, 4.69) is 35.6 Å². The van der Waals surface area contributed by atoms with Crippen molar-refractivity contribution < 1.29 is 4.74 Å². The van der Waals surface area contributed by atoms with Crippen LogP contribution < -0.4 is 5.32 Å². The maximum absolute atomic E-state index is 4.99. The molecule has 0 heterocycles. The van der Waals surface area contributed by atoms with Crippen LogP contribution >= 0.6 is 0 Å². The molecule has 2 atom stereocenters. The van der Waals surface area contributed by atoms with Crippen LogP contribution in [-0.2, 0) is 4.74 Å². The molecule has 2 heteroatoms. The summed E-state index contributed by atoms with van der Waals surface area (Å²) in [5, 5.41) is 3.42. The van der Waals surface area contributed by atoms with E-state index in [0.717, 1.165) is 31.5 Å². The fraction of sp³-hybridized carbons (Fsp3) is 0.538. The van der Waals surface area contributed by atoms with Gasteiger partial charge in [-0.25, -0.2) is 0 Å². The van der Waals surface area contributed by atoms with Crippen LogP contribution in [0.25, 0.3) is 0 Å². The lowest BCUT2D eigenvalue weighted by molar-refractivity contribution is 0.199. The monoisotopic (exact) mass is 205 g/mol. The van der Waals surface area contributed by atoms with E-state index >= 15 is 0 Å². The van der Waals surface area contributed by atoms with E-state index in [-0.39, 0.29) is 0 Å². The Hall–Kier alpha value is -0.860. The molecule has 1 aliphatic carbocycles. The van der Waals surface area contributed by atoms with Crippen LogP contribution in [-0.4, -0.2) is 26.8 Å². The van der Waals surface area contributed by atoms with Crippen LogP contribution in [0.5, 0.6) is 0 Å². The summed E-state index contributed by atoms with van der Waals surface area (Å²) in [5.41, 5.74) is 1.50. The second-order valence-corrected chi connectivity index (χ2v) is 4.21. The smallest absolute Gasteiger partial charge is 0.0587 e. The van der Waals surface area contributed by atoms with E-state index in [1.54, 1.807) is 7.11 Å². The van der Waals surface area contributed by atoms with Gasteiger partial charge in [0.05, 0.1) is 6.61 Å². The maximum Gasteiger partial charge on any atom is 0.0587 e. The predicted octanol–water partition coefficient (Wildman–Crippen LogP) is 2.03. The van der Waals surface area contributed by atoms with Crippen LogP contribution in [0.2, 0.25) is 0 Å². The lowest BCUT2D eigenvalue weighted by Gasteiger charge is -2.03. The molecule has 2 rings (SSSR count). The predicted molar refractivity (Wildman–Crippen MR) is 62.0 cm³/mol. The van der Waals surface area contributed by atoms with Crippen molar-refractivity contribution in [1.29, 1.82) is 0 Å². The van der Waals surface area contributed by atoms with E-state index in [1.165, 1.54) is 12.0 Å². The molecule has 1 aromatic rings. The molecule has 0 bridgehead atoms. The third kappa shape index (κ3) is 3.05. The summed E-state index contributed by atoms with van der Waals surface area (Å²) in [4.78, 5) is 0. The molecule has 82 valence electrons. The van der Waals surface area contributed by atoms with E-state index in [9.17, 15) is 0 Å². The Morgan fingerprint density at radius 2 is 2.13 bits per heavy atom. The van der Waals surface area contributed by atoms with Crippen molar-refractivity contribution in [2.75, 3.05) is 26.8 Å². The molecular weight excluding hydrogens is 186 g/mol. The van der Waals surface area contributed by atoms with Crippen molar-refractivity contribution in [3.8, 4) is 0 Å². The summed E-state index contributed by atoms with van der Waals surface area (Å²) in [6, 6.07) is 10.8. The summed E-state index contributed by atoms with van der Waals surface area (Å²) in [5.74, 6) is 1.63. The molecule has 1 saturated carbocycles. The molecule has 0 aromatic heterocycles. The Morgan fingerprint density at radius 3 is 2.87 bits per heavy atom. The Kier molecular flexibility index (Phi) is 3.75. The number of benzene rings is 1. The molecular formula is C13H19NO. The van der Waals surface area contributed by atoms with Gasteiger partial charge in [-0.05, 0) is 30.4 Å². The highest BCUT2D eigenvalue weighted by Crippen LogP contribution is 2.46. The number of hydrogen-bond donors (Lipinski definition) is 1. The quantitative estimate of drug-likeness (QED) is 0.717. The number of ether oxygens (including phenoxy) is 1. The summed E-state index contributed by atoms with van der Waals surface area (Å²) in [7, 11) is 1.74. The van der Waals surface area contributed by atoms with Gasteiger partial charge >= 0.3 is 0 Å². The van der Waals surface area contributed by atoms with E-state index < -0.39 is 0 Å². The standard InChI is InChI=1S/C13H19NO/c1-15-8-7-14-10-12-9-13(12)11-5-3-2-4-6-11/h2-6,12-14H,7-10H2,1H3. The Labute approximate surface area is 91.6 Å². The van der Waals surface area contributed by atoms with E-state index in [4.69, 9.17) is 4.74 Å². The Bertz CT molecular complexity index is 286. The molecule has 15 heavy (non-hydrogen) atoms. The lowest BCUT2D eigenvalue weighted by atomic mass is 10.1. The highest BCUT2D eigenvalue weighted by atomic mass is 16.5. The zero-order valence-electron chi connectivity index (χ0n) is 9.28. The van der Waals surface area contributed by atoms with Gasteiger partial charge in [-0.2, -0.15) is 0 Å². The second-order valence-electron chi connectivity index (χ2n) is 4.21. The molecule has 2 nitrogen and oxygen atoms in total. The van der Waals surface area contributed by atoms with Gasteiger partial charge in [0.1, 0.15) is 0 Å². The van der Waals surface area contributed by atoms with Crippen molar-refractivity contribution in [1.82, 2.24) is 5.32 Å². The van der Waals surface area contributed by atoms with E-state index in [0.29, 0.717) is 0 Å². The molecule has 1 aliphatic rings. The normalized spacial score (nSPS) is 24.1. The van der Waals surface area contributed by atoms with Crippen LogP contribution in [0.1, 0.15) is 17.9 Å². The lowest BCUT2D eigenvalue weighted by Crippen LogP contribution is -2.21. The van der Waals surface area contributed by atoms with Crippen LogP contribution in [0.4, 0.5) is 0 Å². The molecule has 0 spiro atoms. The number of rotatable bonds is 6. The zero-order valence-corrected chi connectivity index (χ0v) is 9.28. The number of hydrogen-bond acceptors (Lipinski definition) is 2. The molecule has 1 N–H and O–H groups in total. The molecule has 2 unspecified atom stereocenters. The first-order valence-electron chi connectivity index (χ1n) is 5.66. The molecule has 0 amide bonds. The first-order chi connectivity index (χ1) is 7.42. The topological polar surface area (TPSA) is 21.3 Å². The summed E-state index contributed by atoms with van der Waals surface area (Å²) >= 11 is 0. The van der Waals surface area contributed by atoms with Crippen LogP contribution in [0.15, 0.2) is 30.3 Å². The number of methoxy groups -OCH3 is 1. The van der Waals surface area contributed by atoms with Gasteiger partial charge in [0.2, 0.25) is 0 Å². The van der Waals surface area contributed by atoms with Gasteiger partial charge in [0.15, 0.2) is 0 Å². The highest BCUT2D eigenvalue weighted by molar-refractivity contribution is 5.25. The van der Waals surface area contributed by atoms with Gasteiger partial charge in [-0.3, -0.25) is 0 Å². The van der Waals surface area contributed by atoms with Gasteiger partial charge in [-0.1, -0.05) is 30.3 Å². The number of nitrogens with one attached hydrogen (secondary N) is 1. The van der Waals surface area contributed by atoms with Crippen molar-refractivity contribution in [2.24, 2.45) is 5.92 Å². The van der Waals surface area contributed by atoms with E-state index in [1.807, 2.05) is 0 Å². The maximum atomic E-state index is 4.99. The fourth-order valence-electron chi connectivity index (χ4n) is 2.04. The first kappa shape index (κ1) is 10.7. The second kappa shape index (κ2) is 5.29. The van der Waals surface area contributed by atoms with Crippen LogP contribution in [0, 0.1) is 5.92 Å².